The molecule has 1 N–H and O–H groups in total. The van der Waals surface area contributed by atoms with Crippen LogP contribution in [0.4, 0.5) is 19.0 Å². The second-order valence-corrected chi connectivity index (χ2v) is 9.15. The normalized spacial score (nSPS) is 16.7. The minimum Gasteiger partial charge on any atom is -0.381 e. The summed E-state index contributed by atoms with van der Waals surface area (Å²) in [5, 5.41) is 8.41. The summed E-state index contributed by atoms with van der Waals surface area (Å²) in [6.45, 7) is 3.20. The van der Waals surface area contributed by atoms with E-state index in [9.17, 15) is 22.8 Å². The number of hydrogen-bond acceptors (Lipinski definition) is 6. The molecule has 1 saturated heterocycles. The highest BCUT2D eigenvalue weighted by molar-refractivity contribution is 6.09. The number of alkyl halides is 3. The van der Waals surface area contributed by atoms with Crippen LogP contribution in [0.25, 0.3) is 16.7 Å². The molecule has 0 saturated carbocycles. The number of halogens is 3. The third kappa shape index (κ3) is 3.55. The van der Waals surface area contributed by atoms with Gasteiger partial charge in [-0.15, -0.1) is 10.2 Å². The second-order valence-electron chi connectivity index (χ2n) is 9.15. The molecule has 36 heavy (non-hydrogen) atoms. The van der Waals surface area contributed by atoms with Gasteiger partial charge in [0.2, 0.25) is 5.65 Å². The Bertz CT molecular complexity index is 1590. The highest BCUT2D eigenvalue weighted by atomic mass is 19.4. The van der Waals surface area contributed by atoms with Crippen LogP contribution in [0.2, 0.25) is 0 Å². The number of carbonyl (C=O) groups excluding carboxylic acids is 1. The van der Waals surface area contributed by atoms with Gasteiger partial charge in [-0.1, -0.05) is 0 Å². The molecule has 4 aromatic rings. The Morgan fingerprint density at radius 2 is 1.94 bits per heavy atom. The average molecular weight is 498 g/mol. The van der Waals surface area contributed by atoms with Crippen LogP contribution in [-0.4, -0.2) is 50.2 Å². The minimum atomic E-state index is -4.50. The van der Waals surface area contributed by atoms with Gasteiger partial charge in [-0.2, -0.15) is 13.2 Å². The van der Waals surface area contributed by atoms with Crippen molar-refractivity contribution in [3.05, 3.63) is 62.8 Å². The van der Waals surface area contributed by atoms with Crippen molar-refractivity contribution >= 4 is 28.4 Å². The van der Waals surface area contributed by atoms with E-state index < -0.39 is 23.2 Å². The number of aryl methyl sites for hydroxylation is 1. The Kier molecular flexibility index (Phi) is 5.11. The number of nitrogens with zero attached hydrogens (tertiary/aromatic N) is 5. The van der Waals surface area contributed by atoms with Crippen molar-refractivity contribution in [2.24, 2.45) is 0 Å². The van der Waals surface area contributed by atoms with Crippen molar-refractivity contribution in [1.82, 2.24) is 24.6 Å². The van der Waals surface area contributed by atoms with Crippen LogP contribution < -0.4 is 10.5 Å². The molecule has 0 aliphatic carbocycles. The molecule has 3 aromatic heterocycles. The Morgan fingerprint density at radius 3 is 2.69 bits per heavy atom. The van der Waals surface area contributed by atoms with E-state index in [1.807, 2.05) is 0 Å². The molecule has 0 bridgehead atoms. The number of hydrogen-bond donors (Lipinski definition) is 1. The zero-order valence-electron chi connectivity index (χ0n) is 19.2. The predicted molar refractivity (Wildman–Crippen MR) is 123 cm³/mol. The minimum absolute atomic E-state index is 0.0918. The fourth-order valence-corrected chi connectivity index (χ4v) is 5.05. The number of nitrogens with one attached hydrogen (secondary N) is 1. The van der Waals surface area contributed by atoms with E-state index in [1.165, 1.54) is 4.90 Å². The molecule has 0 unspecified atom stereocenters. The summed E-state index contributed by atoms with van der Waals surface area (Å²) in [4.78, 5) is 34.4. The van der Waals surface area contributed by atoms with Crippen molar-refractivity contribution < 1.29 is 22.7 Å². The van der Waals surface area contributed by atoms with Gasteiger partial charge in [-0.05, 0) is 55.5 Å². The number of ether oxygens (including phenoxy) is 1. The predicted octanol–water partition coefficient (Wildman–Crippen LogP) is 3.39. The molecule has 2 aliphatic heterocycles. The lowest BCUT2D eigenvalue weighted by molar-refractivity contribution is -0.137. The molecule has 1 aromatic carbocycles. The topological polar surface area (TPSA) is 105 Å². The van der Waals surface area contributed by atoms with Gasteiger partial charge in [0.25, 0.3) is 11.5 Å². The fraction of sp³-hybridized carbons (Fsp3) is 0.375. The molecule has 2 aliphatic rings. The number of anilines is 1. The molecule has 0 spiro atoms. The van der Waals surface area contributed by atoms with Crippen molar-refractivity contribution in [3.63, 3.8) is 0 Å². The summed E-state index contributed by atoms with van der Waals surface area (Å²) < 4.78 is 46.4. The summed E-state index contributed by atoms with van der Waals surface area (Å²) in [6.07, 6.45) is -1.95. The molecule has 6 rings (SSSR count). The lowest BCUT2D eigenvalue weighted by atomic mass is 9.99. The van der Waals surface area contributed by atoms with Crippen LogP contribution >= 0.6 is 0 Å². The van der Waals surface area contributed by atoms with Crippen LogP contribution in [0, 0.1) is 6.92 Å². The standard InChI is InChI=1S/C24H21F3N6O3/c1-12-8-18-17(29-22(34)21-31-30-20(33(18)21)13-3-6-36-7-4-13)10-16(12)23(35)32-5-2-14-9-15(24(25,26)27)11-28-19(14)32/h8-11,13H,2-7H2,1H3,(H,29,34). The van der Waals surface area contributed by atoms with Crippen molar-refractivity contribution in [2.45, 2.75) is 38.3 Å². The molecule has 0 atom stereocenters. The maximum absolute atomic E-state index is 13.5. The van der Waals surface area contributed by atoms with Gasteiger partial charge in [0.1, 0.15) is 11.6 Å². The van der Waals surface area contributed by atoms with E-state index in [2.05, 4.69) is 20.2 Å². The third-order valence-electron chi connectivity index (χ3n) is 6.92. The summed E-state index contributed by atoms with van der Waals surface area (Å²) in [5.41, 5.74) is 1.37. The van der Waals surface area contributed by atoms with Crippen LogP contribution in [-0.2, 0) is 17.3 Å². The first-order valence-corrected chi connectivity index (χ1v) is 11.6. The van der Waals surface area contributed by atoms with Gasteiger partial charge < -0.3 is 9.72 Å². The molecule has 1 fully saturated rings. The molecule has 0 radical (unpaired) electrons. The molecule has 9 nitrogen and oxygen atoms in total. The van der Waals surface area contributed by atoms with Gasteiger partial charge >= 0.3 is 6.18 Å². The van der Waals surface area contributed by atoms with Crippen LogP contribution in [0.3, 0.4) is 0 Å². The van der Waals surface area contributed by atoms with Gasteiger partial charge in [-0.3, -0.25) is 18.9 Å². The zero-order chi connectivity index (χ0) is 25.2. The Hall–Kier alpha value is -3.80. The number of rotatable bonds is 2. The molecular weight excluding hydrogens is 477 g/mol. The van der Waals surface area contributed by atoms with E-state index in [-0.39, 0.29) is 30.3 Å². The monoisotopic (exact) mass is 498 g/mol. The first-order valence-electron chi connectivity index (χ1n) is 11.6. The number of carbonyl (C=O) groups is 1. The average Bonchev–Trinajstić information content (AvgIpc) is 3.49. The fourth-order valence-electron chi connectivity index (χ4n) is 5.05. The van der Waals surface area contributed by atoms with Crippen molar-refractivity contribution in [3.8, 4) is 0 Å². The van der Waals surface area contributed by atoms with E-state index >= 15 is 0 Å². The first-order chi connectivity index (χ1) is 17.2. The SMILES string of the molecule is Cc1cc2c(cc1C(=O)N1CCc3cc(C(F)(F)F)cnc31)[nH]c(=O)c1nnc(C3CCOCC3)n12. The lowest BCUT2D eigenvalue weighted by Gasteiger charge is -2.21. The van der Waals surface area contributed by atoms with Crippen molar-refractivity contribution in [1.29, 1.82) is 0 Å². The lowest BCUT2D eigenvalue weighted by Crippen LogP contribution is -2.30. The molecule has 12 heteroatoms. The highest BCUT2D eigenvalue weighted by Gasteiger charge is 2.35. The van der Waals surface area contributed by atoms with Gasteiger partial charge in [0.15, 0.2) is 0 Å². The number of fused-ring (bicyclic) bond motifs is 4. The van der Waals surface area contributed by atoms with Crippen LogP contribution in [0.15, 0.2) is 29.2 Å². The zero-order valence-corrected chi connectivity index (χ0v) is 19.2. The Morgan fingerprint density at radius 1 is 1.17 bits per heavy atom. The van der Waals surface area contributed by atoms with Gasteiger partial charge in [0.05, 0.1) is 16.6 Å². The summed E-state index contributed by atoms with van der Waals surface area (Å²) in [5.74, 6) is 0.599. The quantitative estimate of drug-likeness (QED) is 0.454. The Labute approximate surface area is 201 Å². The number of aromatic nitrogens is 5. The number of amides is 1. The molecule has 1 amide bonds. The van der Waals surface area contributed by atoms with Crippen molar-refractivity contribution in [2.75, 3.05) is 24.7 Å². The van der Waals surface area contributed by atoms with Crippen LogP contribution in [0.5, 0.6) is 0 Å². The van der Waals surface area contributed by atoms with E-state index in [4.69, 9.17) is 4.74 Å². The molecule has 186 valence electrons. The third-order valence-corrected chi connectivity index (χ3v) is 6.92. The first kappa shape index (κ1) is 22.7. The second kappa shape index (κ2) is 8.12. The van der Waals surface area contributed by atoms with Gasteiger partial charge in [0, 0.05) is 37.4 Å². The number of benzene rings is 1. The Balaban J connectivity index is 1.43. The smallest absolute Gasteiger partial charge is 0.381 e. The van der Waals surface area contributed by atoms with E-state index in [0.29, 0.717) is 46.8 Å². The number of H-pyrrole nitrogens is 1. The number of pyridine rings is 1. The molecule has 5 heterocycles. The highest BCUT2D eigenvalue weighted by Crippen LogP contribution is 2.35. The van der Waals surface area contributed by atoms with E-state index in [0.717, 1.165) is 25.1 Å². The summed E-state index contributed by atoms with van der Waals surface area (Å²) >= 11 is 0. The largest absolute Gasteiger partial charge is 0.417 e. The number of aromatic amines is 1. The van der Waals surface area contributed by atoms with Gasteiger partial charge in [-0.25, -0.2) is 4.98 Å². The maximum atomic E-state index is 13.5. The summed E-state index contributed by atoms with van der Waals surface area (Å²) in [6, 6.07) is 4.44. The summed E-state index contributed by atoms with van der Waals surface area (Å²) in [7, 11) is 0. The maximum Gasteiger partial charge on any atom is 0.417 e. The van der Waals surface area contributed by atoms with Crippen LogP contribution in [0.1, 0.15) is 51.6 Å². The molecular formula is C24H21F3N6O3. The van der Waals surface area contributed by atoms with E-state index in [1.54, 1.807) is 23.5 Å².